The second kappa shape index (κ2) is 5.48. The zero-order valence-electron chi connectivity index (χ0n) is 12.4. The first-order valence-electron chi connectivity index (χ1n) is 6.89. The topological polar surface area (TPSA) is 48.3 Å². The Balaban J connectivity index is 1.99. The molecule has 3 aromatic rings. The number of nitrogens with zero attached hydrogens (tertiary/aromatic N) is 1. The molecular formula is C18H15NO3. The molecule has 110 valence electrons. The highest BCUT2D eigenvalue weighted by atomic mass is 16.5. The van der Waals surface area contributed by atoms with E-state index in [9.17, 15) is 9.59 Å². The van der Waals surface area contributed by atoms with Gasteiger partial charge in [0.15, 0.2) is 0 Å². The Labute approximate surface area is 127 Å². The maximum atomic E-state index is 12.5. The smallest absolute Gasteiger partial charge is 0.235 e. The van der Waals surface area contributed by atoms with Crippen molar-refractivity contribution in [2.45, 2.75) is 0 Å². The molecule has 2 aromatic carbocycles. The van der Waals surface area contributed by atoms with Gasteiger partial charge < -0.3 is 9.30 Å². The van der Waals surface area contributed by atoms with Gasteiger partial charge in [0, 0.05) is 29.7 Å². The zero-order chi connectivity index (χ0) is 15.7. The third-order valence-electron chi connectivity index (χ3n) is 3.70. The number of carbonyl (C=O) groups is 2. The largest absolute Gasteiger partial charge is 0.497 e. The Kier molecular flexibility index (Phi) is 3.51. The van der Waals surface area contributed by atoms with Crippen LogP contribution in [0.1, 0.15) is 20.7 Å². The minimum atomic E-state index is -0.515. The lowest BCUT2D eigenvalue weighted by Gasteiger charge is -2.02. The highest BCUT2D eigenvalue weighted by Crippen LogP contribution is 2.22. The number of ether oxygens (including phenoxy) is 1. The van der Waals surface area contributed by atoms with E-state index in [1.165, 1.54) is 0 Å². The van der Waals surface area contributed by atoms with Crippen molar-refractivity contribution in [1.29, 1.82) is 0 Å². The number of ketones is 2. The fourth-order valence-corrected chi connectivity index (χ4v) is 2.52. The minimum Gasteiger partial charge on any atom is -0.497 e. The van der Waals surface area contributed by atoms with Gasteiger partial charge in [-0.1, -0.05) is 18.2 Å². The maximum absolute atomic E-state index is 12.5. The summed E-state index contributed by atoms with van der Waals surface area (Å²) in [4.78, 5) is 24.9. The number of aromatic nitrogens is 1. The number of para-hydroxylation sites is 1. The van der Waals surface area contributed by atoms with Crippen LogP contribution in [0, 0.1) is 0 Å². The molecule has 0 N–H and O–H groups in total. The van der Waals surface area contributed by atoms with Gasteiger partial charge in [-0.2, -0.15) is 0 Å². The average molecular weight is 293 g/mol. The predicted octanol–water partition coefficient (Wildman–Crippen LogP) is 3.25. The van der Waals surface area contributed by atoms with Crippen LogP contribution in [-0.4, -0.2) is 23.2 Å². The fourth-order valence-electron chi connectivity index (χ4n) is 2.52. The van der Waals surface area contributed by atoms with Crippen molar-refractivity contribution < 1.29 is 14.3 Å². The molecule has 4 heteroatoms. The molecule has 0 aliphatic carbocycles. The Bertz CT molecular complexity index is 860. The Morgan fingerprint density at radius 2 is 1.64 bits per heavy atom. The van der Waals surface area contributed by atoms with Crippen molar-refractivity contribution in [3.8, 4) is 5.75 Å². The average Bonchev–Trinajstić information content (AvgIpc) is 2.91. The number of hydrogen-bond acceptors (Lipinski definition) is 3. The van der Waals surface area contributed by atoms with Gasteiger partial charge in [-0.25, -0.2) is 0 Å². The van der Waals surface area contributed by atoms with Crippen LogP contribution in [0.25, 0.3) is 10.9 Å². The molecule has 22 heavy (non-hydrogen) atoms. The molecule has 0 amide bonds. The molecule has 0 atom stereocenters. The molecule has 3 rings (SSSR count). The summed E-state index contributed by atoms with van der Waals surface area (Å²) in [5, 5.41) is 0.789. The van der Waals surface area contributed by atoms with Crippen molar-refractivity contribution in [2.75, 3.05) is 7.11 Å². The summed E-state index contributed by atoms with van der Waals surface area (Å²) in [5.41, 5.74) is 1.71. The van der Waals surface area contributed by atoms with Gasteiger partial charge in [-0.05, 0) is 30.3 Å². The van der Waals surface area contributed by atoms with E-state index in [1.807, 2.05) is 35.9 Å². The monoisotopic (exact) mass is 293 g/mol. The van der Waals surface area contributed by atoms with E-state index in [1.54, 1.807) is 37.6 Å². The number of carbonyl (C=O) groups excluding carboxylic acids is 2. The third-order valence-corrected chi connectivity index (χ3v) is 3.70. The first-order chi connectivity index (χ1) is 10.6. The molecule has 0 fully saturated rings. The van der Waals surface area contributed by atoms with Crippen LogP contribution in [0.2, 0.25) is 0 Å². The van der Waals surface area contributed by atoms with Gasteiger partial charge in [-0.3, -0.25) is 9.59 Å². The summed E-state index contributed by atoms with van der Waals surface area (Å²) >= 11 is 0. The summed E-state index contributed by atoms with van der Waals surface area (Å²) in [6.45, 7) is 0. The Morgan fingerprint density at radius 3 is 2.32 bits per heavy atom. The molecule has 1 aromatic heterocycles. The van der Waals surface area contributed by atoms with Crippen LogP contribution in [0.3, 0.4) is 0 Å². The third kappa shape index (κ3) is 2.29. The van der Waals surface area contributed by atoms with E-state index < -0.39 is 11.6 Å². The molecule has 1 heterocycles. The highest BCUT2D eigenvalue weighted by molar-refractivity contribution is 6.50. The molecule has 0 saturated carbocycles. The highest BCUT2D eigenvalue weighted by Gasteiger charge is 2.22. The number of hydrogen-bond donors (Lipinski definition) is 0. The maximum Gasteiger partial charge on any atom is 0.235 e. The first-order valence-corrected chi connectivity index (χ1v) is 6.89. The molecule has 4 nitrogen and oxygen atoms in total. The molecular weight excluding hydrogens is 278 g/mol. The number of aryl methyl sites for hydroxylation is 1. The summed E-state index contributed by atoms with van der Waals surface area (Å²) in [5.74, 6) is -0.366. The van der Waals surface area contributed by atoms with Crippen LogP contribution in [0.5, 0.6) is 5.75 Å². The quantitative estimate of drug-likeness (QED) is 0.548. The zero-order valence-corrected chi connectivity index (χ0v) is 12.4. The van der Waals surface area contributed by atoms with Crippen molar-refractivity contribution in [3.63, 3.8) is 0 Å². The summed E-state index contributed by atoms with van der Waals surface area (Å²) in [6, 6.07) is 14.1. The molecule has 0 radical (unpaired) electrons. The Hall–Kier alpha value is -2.88. The summed E-state index contributed by atoms with van der Waals surface area (Å²) in [7, 11) is 3.41. The lowest BCUT2D eigenvalue weighted by atomic mass is 10.0. The number of methoxy groups -OCH3 is 1. The second-order valence-corrected chi connectivity index (χ2v) is 5.06. The summed E-state index contributed by atoms with van der Waals surface area (Å²) in [6.07, 6.45) is 1.70. The summed E-state index contributed by atoms with van der Waals surface area (Å²) < 4.78 is 6.91. The predicted molar refractivity (Wildman–Crippen MR) is 84.6 cm³/mol. The van der Waals surface area contributed by atoms with Crippen molar-refractivity contribution >= 4 is 22.5 Å². The molecule has 0 bridgehead atoms. The van der Waals surface area contributed by atoms with Crippen molar-refractivity contribution in [3.05, 3.63) is 65.9 Å². The first kappa shape index (κ1) is 14.1. The fraction of sp³-hybridized carbons (Fsp3) is 0.111. The van der Waals surface area contributed by atoms with Gasteiger partial charge in [-0.15, -0.1) is 0 Å². The lowest BCUT2D eigenvalue weighted by Crippen LogP contribution is -2.14. The number of Topliss-reactive ketones (excluding diaryl/α,β-unsaturated/α-hetero) is 2. The van der Waals surface area contributed by atoms with Gasteiger partial charge in [0.05, 0.1) is 12.7 Å². The molecule has 0 unspecified atom stereocenters. The molecule has 0 aliphatic rings. The van der Waals surface area contributed by atoms with Gasteiger partial charge in [0.2, 0.25) is 11.6 Å². The number of benzene rings is 2. The minimum absolute atomic E-state index is 0.360. The van der Waals surface area contributed by atoms with Crippen LogP contribution >= 0.6 is 0 Å². The van der Waals surface area contributed by atoms with Crippen LogP contribution < -0.4 is 4.74 Å². The van der Waals surface area contributed by atoms with Crippen LogP contribution in [0.4, 0.5) is 0 Å². The molecule has 0 aliphatic heterocycles. The van der Waals surface area contributed by atoms with E-state index in [-0.39, 0.29) is 0 Å². The standard InChI is InChI=1S/C18H15NO3/c1-19-11-15(14-5-3-4-6-16(14)19)18(21)17(20)12-7-9-13(22-2)10-8-12/h3-11H,1-2H3. The van der Waals surface area contributed by atoms with Crippen molar-refractivity contribution in [2.24, 2.45) is 7.05 Å². The Morgan fingerprint density at radius 1 is 0.955 bits per heavy atom. The van der Waals surface area contributed by atoms with E-state index in [2.05, 4.69) is 0 Å². The lowest BCUT2D eigenvalue weighted by molar-refractivity contribution is 0.0818. The second-order valence-electron chi connectivity index (χ2n) is 5.06. The number of fused-ring (bicyclic) bond motifs is 1. The van der Waals surface area contributed by atoms with E-state index in [0.29, 0.717) is 16.9 Å². The van der Waals surface area contributed by atoms with Crippen molar-refractivity contribution in [1.82, 2.24) is 4.57 Å². The van der Waals surface area contributed by atoms with Crippen LogP contribution in [-0.2, 0) is 7.05 Å². The van der Waals surface area contributed by atoms with Gasteiger partial charge in [0.25, 0.3) is 0 Å². The molecule has 0 saturated heterocycles. The normalized spacial score (nSPS) is 10.6. The SMILES string of the molecule is COc1ccc(C(=O)C(=O)c2cn(C)c3ccccc23)cc1. The number of rotatable bonds is 4. The van der Waals surface area contributed by atoms with Gasteiger partial charge in [0.1, 0.15) is 5.75 Å². The molecule has 0 spiro atoms. The van der Waals surface area contributed by atoms with Gasteiger partial charge >= 0.3 is 0 Å². The van der Waals surface area contributed by atoms with Crippen LogP contribution in [0.15, 0.2) is 54.7 Å². The van der Waals surface area contributed by atoms with E-state index in [0.717, 1.165) is 10.9 Å². The van der Waals surface area contributed by atoms with E-state index in [4.69, 9.17) is 4.74 Å². The van der Waals surface area contributed by atoms with E-state index >= 15 is 0 Å².